The van der Waals surface area contributed by atoms with Gasteiger partial charge in [0, 0.05) is 36.1 Å². The van der Waals surface area contributed by atoms with Crippen LogP contribution in [0.15, 0.2) is 30.5 Å². The van der Waals surface area contributed by atoms with Crippen LogP contribution in [0.2, 0.25) is 0 Å². The highest BCUT2D eigenvalue weighted by Crippen LogP contribution is 2.39. The number of anilines is 1. The molecule has 1 aromatic carbocycles. The summed E-state index contributed by atoms with van der Waals surface area (Å²) in [6.45, 7) is 8.15. The van der Waals surface area contributed by atoms with Gasteiger partial charge in [0.15, 0.2) is 17.4 Å². The fraction of sp³-hybridized carbons (Fsp3) is 0.417. The summed E-state index contributed by atoms with van der Waals surface area (Å²) in [4.78, 5) is 31.6. The Labute approximate surface area is 196 Å². The number of aryl methyl sites for hydroxylation is 1. The van der Waals surface area contributed by atoms with E-state index in [0.717, 1.165) is 59.1 Å². The maximum Gasteiger partial charge on any atom is 0.386 e. The second-order valence-corrected chi connectivity index (χ2v) is 7.68. The van der Waals surface area contributed by atoms with Crippen LogP contribution in [0, 0.1) is 0 Å². The number of ether oxygens (including phenoxy) is 1. The monoisotopic (exact) mass is 478 g/mol. The number of hydrogen-bond donors (Lipinski definition) is 1. The summed E-state index contributed by atoms with van der Waals surface area (Å²) in [5.41, 5.74) is 3.20. The van der Waals surface area contributed by atoms with Gasteiger partial charge in [-0.3, -0.25) is 0 Å². The number of hydrogen-bond acceptors (Lipinski definition) is 6. The first-order chi connectivity index (χ1) is 16.3. The van der Waals surface area contributed by atoms with Crippen LogP contribution in [0.25, 0.3) is 22.3 Å². The molecule has 2 aliphatic heterocycles. The number of halogens is 3. The van der Waals surface area contributed by atoms with Crippen molar-refractivity contribution in [3.05, 3.63) is 36.2 Å². The first-order valence-corrected chi connectivity index (χ1v) is 10.9. The van der Waals surface area contributed by atoms with Crippen molar-refractivity contribution in [1.29, 1.82) is 0 Å². The van der Waals surface area contributed by atoms with Crippen LogP contribution < -0.4 is 9.64 Å². The van der Waals surface area contributed by atoms with Crippen LogP contribution in [0.5, 0.6) is 5.75 Å². The SMILES string of the molecule is C=O.C=O.CC(F)(F)F.CCc1nc(-c2cccc3[nH]ccc23)nc2c1OCC1CCCCN21. The smallest absolute Gasteiger partial charge is 0.386 e. The van der Waals surface area contributed by atoms with Gasteiger partial charge in [0.25, 0.3) is 0 Å². The van der Waals surface area contributed by atoms with E-state index in [1.54, 1.807) is 0 Å². The molecular formula is C24H29F3N4O3. The van der Waals surface area contributed by atoms with E-state index in [0.29, 0.717) is 6.04 Å². The van der Waals surface area contributed by atoms with E-state index in [2.05, 4.69) is 41.1 Å². The van der Waals surface area contributed by atoms with E-state index in [4.69, 9.17) is 24.3 Å². The third-order valence-corrected chi connectivity index (χ3v) is 5.41. The van der Waals surface area contributed by atoms with Crippen molar-refractivity contribution in [2.24, 2.45) is 0 Å². The molecule has 0 bridgehead atoms. The van der Waals surface area contributed by atoms with Crippen molar-refractivity contribution >= 4 is 30.3 Å². The average Bonchev–Trinajstić information content (AvgIpc) is 3.34. The zero-order valence-corrected chi connectivity index (χ0v) is 19.3. The number of rotatable bonds is 2. The number of fused-ring (bicyclic) bond motifs is 4. The van der Waals surface area contributed by atoms with Crippen molar-refractivity contribution < 1.29 is 27.5 Å². The number of benzene rings is 1. The van der Waals surface area contributed by atoms with Gasteiger partial charge in [-0.25, -0.2) is 9.97 Å². The molecule has 1 saturated heterocycles. The number of nitrogens with one attached hydrogen (secondary N) is 1. The molecule has 10 heteroatoms. The van der Waals surface area contributed by atoms with E-state index < -0.39 is 6.18 Å². The first kappa shape index (κ1) is 26.8. The topological polar surface area (TPSA) is 88.2 Å². The van der Waals surface area contributed by atoms with E-state index in [9.17, 15) is 13.2 Å². The Kier molecular flexibility index (Phi) is 9.58. The third kappa shape index (κ3) is 6.33. The van der Waals surface area contributed by atoms with Gasteiger partial charge in [-0.15, -0.1) is 0 Å². The van der Waals surface area contributed by atoms with Gasteiger partial charge in [0.05, 0.1) is 11.7 Å². The summed E-state index contributed by atoms with van der Waals surface area (Å²) in [7, 11) is 0. The highest BCUT2D eigenvalue weighted by Gasteiger charge is 2.33. The molecule has 4 heterocycles. The van der Waals surface area contributed by atoms with Crippen LogP contribution in [-0.4, -0.2) is 53.9 Å². The Morgan fingerprint density at radius 1 is 1.15 bits per heavy atom. The number of alkyl halides is 3. The number of aromatic nitrogens is 3. The Morgan fingerprint density at radius 3 is 2.53 bits per heavy atom. The lowest BCUT2D eigenvalue weighted by molar-refractivity contribution is -0.110. The summed E-state index contributed by atoms with van der Waals surface area (Å²) >= 11 is 0. The predicted octanol–water partition coefficient (Wildman–Crippen LogP) is 5.14. The van der Waals surface area contributed by atoms with E-state index >= 15 is 0 Å². The molecule has 34 heavy (non-hydrogen) atoms. The number of aromatic amines is 1. The van der Waals surface area contributed by atoms with Crippen molar-refractivity contribution in [2.75, 3.05) is 18.1 Å². The van der Waals surface area contributed by atoms with Gasteiger partial charge in [-0.1, -0.05) is 19.1 Å². The van der Waals surface area contributed by atoms with Gasteiger partial charge in [-0.2, -0.15) is 13.2 Å². The molecule has 0 amide bonds. The fourth-order valence-electron chi connectivity index (χ4n) is 4.10. The summed E-state index contributed by atoms with van der Waals surface area (Å²) in [6, 6.07) is 8.80. The van der Waals surface area contributed by atoms with E-state index in [-0.39, 0.29) is 6.92 Å². The second kappa shape index (κ2) is 12.2. The summed E-state index contributed by atoms with van der Waals surface area (Å²) in [5.74, 6) is 2.69. The molecule has 0 radical (unpaired) electrons. The number of nitrogens with zero attached hydrogens (tertiary/aromatic N) is 3. The second-order valence-electron chi connectivity index (χ2n) is 7.68. The van der Waals surface area contributed by atoms with Crippen LogP contribution in [0.1, 0.15) is 38.8 Å². The van der Waals surface area contributed by atoms with E-state index in [1.807, 2.05) is 19.8 Å². The molecule has 2 aliphatic rings. The molecular weight excluding hydrogens is 449 g/mol. The van der Waals surface area contributed by atoms with Gasteiger partial charge >= 0.3 is 6.18 Å². The Morgan fingerprint density at radius 2 is 1.85 bits per heavy atom. The molecule has 0 spiro atoms. The van der Waals surface area contributed by atoms with Crippen molar-refractivity contribution in [3.63, 3.8) is 0 Å². The molecule has 0 aliphatic carbocycles. The summed E-state index contributed by atoms with van der Waals surface area (Å²) in [6.07, 6.45) is 2.51. The number of carbonyl (C=O) groups is 2. The highest BCUT2D eigenvalue weighted by atomic mass is 19.4. The molecule has 1 unspecified atom stereocenters. The molecule has 0 saturated carbocycles. The molecule has 7 nitrogen and oxygen atoms in total. The zero-order valence-electron chi connectivity index (χ0n) is 19.3. The fourth-order valence-corrected chi connectivity index (χ4v) is 4.10. The first-order valence-electron chi connectivity index (χ1n) is 10.9. The van der Waals surface area contributed by atoms with E-state index in [1.165, 1.54) is 19.3 Å². The zero-order chi connectivity index (χ0) is 25.3. The number of carbonyl (C=O) groups excluding carboxylic acids is 2. The number of H-pyrrole nitrogens is 1. The molecule has 1 N–H and O–H groups in total. The van der Waals surface area contributed by atoms with Gasteiger partial charge < -0.3 is 24.2 Å². The summed E-state index contributed by atoms with van der Waals surface area (Å²) < 4.78 is 37.2. The largest absolute Gasteiger partial charge is 0.486 e. The minimum Gasteiger partial charge on any atom is -0.486 e. The maximum absolute atomic E-state index is 10.4. The molecule has 1 fully saturated rings. The minimum atomic E-state index is -4.00. The Hall–Kier alpha value is -3.43. The lowest BCUT2D eigenvalue weighted by atomic mass is 10.0. The molecule has 3 aromatic rings. The van der Waals surface area contributed by atoms with Gasteiger partial charge in [0.2, 0.25) is 0 Å². The molecule has 2 aromatic heterocycles. The van der Waals surface area contributed by atoms with Crippen LogP contribution in [0.3, 0.4) is 0 Å². The predicted molar refractivity (Wildman–Crippen MR) is 125 cm³/mol. The Bertz CT molecular complexity index is 1060. The standard InChI is InChI=1S/C20H22N4O.C2H3F3.2CH2O/c1-2-16-18-20(24-11-4-3-6-13(24)12-25-18)23-19(22-16)15-7-5-8-17-14(15)9-10-21-17;1-2(3,4)5;2*1-2/h5,7-10,13,21H,2-4,6,11-12H2,1H3;1H3;2*1H2. The quantitative estimate of drug-likeness (QED) is 0.549. The molecule has 1 atom stereocenters. The normalized spacial score (nSPS) is 16.3. The molecule has 5 rings (SSSR count). The number of piperidine rings is 1. The lowest BCUT2D eigenvalue weighted by Crippen LogP contribution is -2.47. The lowest BCUT2D eigenvalue weighted by Gasteiger charge is -2.41. The van der Waals surface area contributed by atoms with Crippen LogP contribution >= 0.6 is 0 Å². The van der Waals surface area contributed by atoms with Gasteiger partial charge in [0.1, 0.15) is 20.2 Å². The molecule has 184 valence electrons. The van der Waals surface area contributed by atoms with Crippen LogP contribution in [0.4, 0.5) is 19.0 Å². The summed E-state index contributed by atoms with van der Waals surface area (Å²) in [5, 5.41) is 1.16. The average molecular weight is 479 g/mol. The van der Waals surface area contributed by atoms with Gasteiger partial charge in [-0.05, 0) is 37.8 Å². The van der Waals surface area contributed by atoms with Crippen molar-refractivity contribution in [3.8, 4) is 17.1 Å². The minimum absolute atomic E-state index is 0.188. The van der Waals surface area contributed by atoms with Crippen molar-refractivity contribution in [1.82, 2.24) is 15.0 Å². The highest BCUT2D eigenvalue weighted by molar-refractivity contribution is 5.93. The Balaban J connectivity index is 0.000000399. The third-order valence-electron chi connectivity index (χ3n) is 5.41. The van der Waals surface area contributed by atoms with Crippen molar-refractivity contribution in [2.45, 2.75) is 51.7 Å². The van der Waals surface area contributed by atoms with Crippen LogP contribution in [-0.2, 0) is 16.0 Å². The maximum atomic E-state index is 10.4.